The molecule has 1 aromatic carbocycles. The van der Waals surface area contributed by atoms with Crippen LogP contribution in [0.3, 0.4) is 0 Å². The largest absolute Gasteiger partial charge is 0.444 e. The predicted octanol–water partition coefficient (Wildman–Crippen LogP) is 2.32. The van der Waals surface area contributed by atoms with Gasteiger partial charge < -0.3 is 25.0 Å². The lowest BCUT2D eigenvalue weighted by Gasteiger charge is -2.30. The molecular weight excluding hydrogens is 668 g/mol. The van der Waals surface area contributed by atoms with Gasteiger partial charge in [0.05, 0.1) is 6.54 Å². The molecule has 1 aliphatic carbocycles. The minimum Gasteiger partial charge on any atom is -0.444 e. The molecule has 50 heavy (non-hydrogen) atoms. The number of amides is 5. The third-order valence-electron chi connectivity index (χ3n) is 9.40. The van der Waals surface area contributed by atoms with E-state index in [1.165, 1.54) is 19.0 Å². The third-order valence-corrected chi connectivity index (χ3v) is 10.8. The fourth-order valence-electron chi connectivity index (χ4n) is 6.59. The van der Waals surface area contributed by atoms with Crippen molar-refractivity contribution in [3.63, 3.8) is 0 Å². The van der Waals surface area contributed by atoms with Crippen molar-refractivity contribution in [2.45, 2.75) is 108 Å². The summed E-state index contributed by atoms with van der Waals surface area (Å²) in [6.45, 7) is 5.71. The third kappa shape index (κ3) is 8.57. The quantitative estimate of drug-likeness (QED) is 0.385. The Balaban J connectivity index is 1.41. The van der Waals surface area contributed by atoms with Gasteiger partial charge in [-0.1, -0.05) is 49.3 Å². The molecule has 3 aliphatic heterocycles. The molecule has 1 saturated heterocycles. The van der Waals surface area contributed by atoms with Gasteiger partial charge in [-0.2, -0.15) is 12.7 Å². The van der Waals surface area contributed by atoms with Crippen LogP contribution in [0.25, 0.3) is 0 Å². The summed E-state index contributed by atoms with van der Waals surface area (Å²) in [5.41, 5.74) is -0.390. The first-order chi connectivity index (χ1) is 23.5. The second-order valence-corrected chi connectivity index (χ2v) is 16.5. The summed E-state index contributed by atoms with van der Waals surface area (Å²) >= 11 is 0. The molecule has 3 unspecified atom stereocenters. The van der Waals surface area contributed by atoms with Crippen molar-refractivity contribution in [3.05, 3.63) is 47.5 Å². The van der Waals surface area contributed by atoms with Crippen molar-refractivity contribution in [2.24, 2.45) is 5.92 Å². The number of hydrogen-bond acceptors (Lipinski definition) is 9. The maximum absolute atomic E-state index is 14.3. The summed E-state index contributed by atoms with van der Waals surface area (Å²) in [5.74, 6) is -2.64. The molecule has 5 amide bonds. The van der Waals surface area contributed by atoms with Crippen LogP contribution in [0.2, 0.25) is 0 Å². The van der Waals surface area contributed by atoms with Gasteiger partial charge in [0.1, 0.15) is 29.3 Å². The number of fused-ring (bicyclic) bond motifs is 3. The molecule has 0 spiro atoms. The van der Waals surface area contributed by atoms with E-state index in [0.29, 0.717) is 25.9 Å². The SMILES string of the molecule is CN(C)S(=O)(=O)NC(=O)C12CC1/C=C\CCCCC[C@H](NC(=O)OC(C)(C)C)C(=O)N1C[C@H](OC(=O)N3Cc4ccccc4C3)CC1C(=O)N2. The standard InChI is InChI=1S/C34H48N6O9S/c1-33(2,3)49-31(44)35-26-16-10-8-6-7-9-15-24-18-34(24,30(43)37-50(46,47)38(4)5)36-28(41)27-17-25(21-40(27)29(26)42)48-32(45)39-19-22-13-11-12-14-23(22)20-39/h9,11-15,24-27H,6-8,10,16-21H2,1-5H3,(H,35,44)(H,36,41)(H,37,43)/b15-9-/t24?,25-,26+,27?,34?/m1/s1. The molecule has 0 bridgehead atoms. The summed E-state index contributed by atoms with van der Waals surface area (Å²) in [7, 11) is -1.62. The van der Waals surface area contributed by atoms with Crippen LogP contribution in [0.4, 0.5) is 9.59 Å². The molecule has 2 fully saturated rings. The van der Waals surface area contributed by atoms with Gasteiger partial charge >= 0.3 is 22.4 Å². The lowest BCUT2D eigenvalue weighted by molar-refractivity contribution is -0.141. The molecule has 0 aromatic heterocycles. The van der Waals surface area contributed by atoms with E-state index in [1.54, 1.807) is 25.7 Å². The van der Waals surface area contributed by atoms with E-state index in [1.807, 2.05) is 36.4 Å². The van der Waals surface area contributed by atoms with Gasteiger partial charge in [0.25, 0.3) is 5.91 Å². The van der Waals surface area contributed by atoms with Gasteiger partial charge in [-0.3, -0.25) is 19.3 Å². The zero-order valence-corrected chi connectivity index (χ0v) is 30.1. The van der Waals surface area contributed by atoms with Crippen LogP contribution in [0, 0.1) is 5.92 Å². The molecule has 5 atom stereocenters. The summed E-state index contributed by atoms with van der Waals surface area (Å²) in [6, 6.07) is 5.43. The first-order valence-electron chi connectivity index (χ1n) is 17.0. The van der Waals surface area contributed by atoms with Crippen LogP contribution in [0.15, 0.2) is 36.4 Å². The number of ether oxygens (including phenoxy) is 2. The number of carbonyl (C=O) groups is 5. The Kier molecular flexibility index (Phi) is 10.8. The number of nitrogens with one attached hydrogen (secondary N) is 3. The number of alkyl carbamates (subject to hydrolysis) is 1. The van der Waals surface area contributed by atoms with Crippen LogP contribution >= 0.6 is 0 Å². The molecule has 16 heteroatoms. The van der Waals surface area contributed by atoms with E-state index < -0.39 is 75.4 Å². The average molecular weight is 717 g/mol. The Morgan fingerprint density at radius 2 is 1.72 bits per heavy atom. The van der Waals surface area contributed by atoms with Gasteiger partial charge in [-0.05, 0) is 57.6 Å². The number of nitrogens with zero attached hydrogens (tertiary/aromatic N) is 3. The van der Waals surface area contributed by atoms with Crippen LogP contribution in [-0.2, 0) is 47.2 Å². The van der Waals surface area contributed by atoms with Crippen LogP contribution in [0.5, 0.6) is 0 Å². The van der Waals surface area contributed by atoms with E-state index >= 15 is 0 Å². The first kappa shape index (κ1) is 37.1. The first-order valence-corrected chi connectivity index (χ1v) is 18.5. The fraction of sp³-hybridized carbons (Fsp3) is 0.618. The van der Waals surface area contributed by atoms with Crippen molar-refractivity contribution in [2.75, 3.05) is 20.6 Å². The van der Waals surface area contributed by atoms with Crippen LogP contribution in [-0.4, -0.2) is 102 Å². The number of hydrogen-bond donors (Lipinski definition) is 3. The zero-order chi connectivity index (χ0) is 36.4. The van der Waals surface area contributed by atoms with E-state index in [9.17, 15) is 32.4 Å². The fourth-order valence-corrected chi connectivity index (χ4v) is 7.19. The Bertz CT molecular complexity index is 1620. The molecular formula is C34H48N6O9S. The maximum atomic E-state index is 14.3. The number of benzene rings is 1. The second kappa shape index (κ2) is 14.6. The van der Waals surface area contributed by atoms with Crippen molar-refractivity contribution in [1.29, 1.82) is 0 Å². The van der Waals surface area contributed by atoms with Crippen LogP contribution < -0.4 is 15.4 Å². The Morgan fingerprint density at radius 1 is 1.04 bits per heavy atom. The maximum Gasteiger partial charge on any atom is 0.410 e. The number of allylic oxidation sites excluding steroid dienone is 1. The van der Waals surface area contributed by atoms with Crippen molar-refractivity contribution in [3.8, 4) is 0 Å². The van der Waals surface area contributed by atoms with Crippen molar-refractivity contribution < 1.29 is 41.9 Å². The highest BCUT2D eigenvalue weighted by molar-refractivity contribution is 7.87. The summed E-state index contributed by atoms with van der Waals surface area (Å²) in [5, 5.41) is 5.46. The highest BCUT2D eigenvalue weighted by atomic mass is 32.2. The highest BCUT2D eigenvalue weighted by Crippen LogP contribution is 2.45. The van der Waals surface area contributed by atoms with Crippen molar-refractivity contribution >= 4 is 40.1 Å². The van der Waals surface area contributed by atoms with Gasteiger partial charge in [0, 0.05) is 39.5 Å². The van der Waals surface area contributed by atoms with Gasteiger partial charge in [-0.15, -0.1) is 0 Å². The summed E-state index contributed by atoms with van der Waals surface area (Å²) < 4.78 is 39.4. The smallest absolute Gasteiger partial charge is 0.410 e. The van der Waals surface area contributed by atoms with E-state index in [0.717, 1.165) is 28.3 Å². The molecule has 0 radical (unpaired) electrons. The molecule has 274 valence electrons. The summed E-state index contributed by atoms with van der Waals surface area (Å²) in [4.78, 5) is 70.9. The summed E-state index contributed by atoms with van der Waals surface area (Å²) in [6.07, 6.45) is 4.58. The Hall–Kier alpha value is -4.18. The van der Waals surface area contributed by atoms with Crippen LogP contribution in [0.1, 0.15) is 76.8 Å². The molecule has 15 nitrogen and oxygen atoms in total. The highest BCUT2D eigenvalue weighted by Gasteiger charge is 2.62. The van der Waals surface area contributed by atoms with Gasteiger partial charge in [-0.25, -0.2) is 14.3 Å². The van der Waals surface area contributed by atoms with E-state index in [4.69, 9.17) is 9.47 Å². The molecule has 3 N–H and O–H groups in total. The molecule has 5 rings (SSSR count). The molecule has 1 aromatic rings. The number of rotatable bonds is 5. The molecule has 1 saturated carbocycles. The van der Waals surface area contributed by atoms with Crippen molar-refractivity contribution in [1.82, 2.24) is 29.5 Å². The lowest BCUT2D eigenvalue weighted by atomic mass is 10.0. The van der Waals surface area contributed by atoms with Gasteiger partial charge in [0.2, 0.25) is 11.8 Å². The predicted molar refractivity (Wildman–Crippen MR) is 181 cm³/mol. The van der Waals surface area contributed by atoms with E-state index in [2.05, 4.69) is 15.4 Å². The Morgan fingerprint density at radius 3 is 2.36 bits per heavy atom. The Labute approximate surface area is 293 Å². The minimum absolute atomic E-state index is 0.0720. The molecule has 4 aliphatic rings. The normalized spacial score (nSPS) is 27.9. The van der Waals surface area contributed by atoms with Gasteiger partial charge in [0.15, 0.2) is 0 Å². The topological polar surface area (TPSA) is 184 Å². The minimum atomic E-state index is -4.17. The average Bonchev–Trinajstić information content (AvgIpc) is 3.33. The van der Waals surface area contributed by atoms with E-state index in [-0.39, 0.29) is 25.8 Å². The monoisotopic (exact) mass is 716 g/mol. The second-order valence-electron chi connectivity index (χ2n) is 14.6. The lowest BCUT2D eigenvalue weighted by Crippen LogP contribution is -2.58. The number of carbonyl (C=O) groups excluding carboxylic acids is 5. The molecule has 3 heterocycles. The zero-order valence-electron chi connectivity index (χ0n) is 29.3.